The molecule has 0 bridgehead atoms. The van der Waals surface area contributed by atoms with Crippen molar-refractivity contribution in [1.29, 1.82) is 0 Å². The van der Waals surface area contributed by atoms with Crippen LogP contribution in [-0.2, 0) is 10.1 Å². The Hall–Kier alpha value is -3.07. The lowest BCUT2D eigenvalue weighted by atomic mass is 10.2. The van der Waals surface area contributed by atoms with Crippen molar-refractivity contribution in [3.63, 3.8) is 0 Å². The van der Waals surface area contributed by atoms with E-state index in [9.17, 15) is 13.2 Å². The first-order chi connectivity index (χ1) is 12.3. The molecule has 0 aliphatic rings. The van der Waals surface area contributed by atoms with E-state index < -0.39 is 16.1 Å². The molecule has 3 N–H and O–H groups in total. The summed E-state index contributed by atoms with van der Waals surface area (Å²) < 4.78 is 35.5. The Kier molecular flexibility index (Phi) is 6.18. The summed E-state index contributed by atoms with van der Waals surface area (Å²) in [4.78, 5) is 10.7. The van der Waals surface area contributed by atoms with Crippen LogP contribution in [0.3, 0.4) is 0 Å². The first-order valence-electron chi connectivity index (χ1n) is 7.68. The molecule has 2 aromatic carbocycles. The molecule has 0 heterocycles. The smallest absolute Gasteiger partial charge is 0.339 e. The molecule has 138 valence electrons. The second-order valence-corrected chi connectivity index (χ2v) is 6.77. The molecule has 8 nitrogen and oxygen atoms in total. The van der Waals surface area contributed by atoms with Crippen LogP contribution in [0.4, 0.5) is 4.79 Å². The fourth-order valence-corrected chi connectivity index (χ4v) is 2.92. The number of nitrogens with zero attached hydrogens (tertiary/aromatic N) is 1. The van der Waals surface area contributed by atoms with Crippen molar-refractivity contribution in [2.45, 2.75) is 18.7 Å². The molecule has 0 saturated carbocycles. The summed E-state index contributed by atoms with van der Waals surface area (Å²) in [6, 6.07) is 10.1. The zero-order chi connectivity index (χ0) is 19.2. The maximum atomic E-state index is 12.4. The summed E-state index contributed by atoms with van der Waals surface area (Å²) in [7, 11) is -4.00. The van der Waals surface area contributed by atoms with Crippen molar-refractivity contribution in [3.05, 3.63) is 53.6 Å². The van der Waals surface area contributed by atoms with Gasteiger partial charge in [0.05, 0.1) is 12.8 Å². The molecule has 0 spiro atoms. The van der Waals surface area contributed by atoms with Gasteiger partial charge in [0, 0.05) is 0 Å². The second-order valence-electron chi connectivity index (χ2n) is 5.22. The number of urea groups is 1. The van der Waals surface area contributed by atoms with Gasteiger partial charge < -0.3 is 14.7 Å². The van der Waals surface area contributed by atoms with Crippen LogP contribution in [0, 0.1) is 6.92 Å². The Bertz CT molecular complexity index is 908. The van der Waals surface area contributed by atoms with Gasteiger partial charge in [0.1, 0.15) is 4.90 Å². The largest absolute Gasteiger partial charge is 0.490 e. The van der Waals surface area contributed by atoms with Crippen LogP contribution in [-0.4, -0.2) is 27.3 Å². The first kappa shape index (κ1) is 19.3. The summed E-state index contributed by atoms with van der Waals surface area (Å²) in [5.74, 6) is 0.277. The standard InChI is InChI=1S/C17H19N3O5S/c1-3-24-16-10-13(11-19-20-17(18)21)6-9-15(16)25-26(22,23)14-7-4-12(2)5-8-14/h4-11H,3H2,1-2H3,(H3,18,20,21)/b19-11-. The lowest BCUT2D eigenvalue weighted by Gasteiger charge is -2.12. The van der Waals surface area contributed by atoms with E-state index in [0.717, 1.165) is 5.56 Å². The number of ether oxygens (including phenoxy) is 1. The number of hydrazone groups is 1. The lowest BCUT2D eigenvalue weighted by molar-refractivity contribution is 0.249. The Morgan fingerprint density at radius 1 is 1.19 bits per heavy atom. The van der Waals surface area contributed by atoms with Gasteiger partial charge in [-0.15, -0.1) is 0 Å². The summed E-state index contributed by atoms with van der Waals surface area (Å²) in [6.07, 6.45) is 1.34. The first-order valence-corrected chi connectivity index (χ1v) is 9.09. The van der Waals surface area contributed by atoms with E-state index in [1.807, 2.05) is 6.92 Å². The highest BCUT2D eigenvalue weighted by Crippen LogP contribution is 2.30. The predicted octanol–water partition coefficient (Wildman–Crippen LogP) is 2.16. The van der Waals surface area contributed by atoms with E-state index in [1.165, 1.54) is 30.5 Å². The number of hydrogen-bond donors (Lipinski definition) is 2. The predicted molar refractivity (Wildman–Crippen MR) is 96.9 cm³/mol. The molecule has 0 aromatic heterocycles. The van der Waals surface area contributed by atoms with Crippen LogP contribution < -0.4 is 20.1 Å². The molecule has 2 amide bonds. The molecule has 0 fully saturated rings. The molecule has 2 aromatic rings. The van der Waals surface area contributed by atoms with Crippen molar-refractivity contribution in [1.82, 2.24) is 5.43 Å². The average molecular weight is 377 g/mol. The highest BCUT2D eigenvalue weighted by atomic mass is 32.2. The molecule has 0 atom stereocenters. The molecule has 0 radical (unpaired) electrons. The second kappa shape index (κ2) is 8.34. The molecular weight excluding hydrogens is 358 g/mol. The quantitative estimate of drug-likeness (QED) is 0.435. The van der Waals surface area contributed by atoms with Crippen LogP contribution in [0.25, 0.3) is 0 Å². The van der Waals surface area contributed by atoms with Crippen LogP contribution in [0.1, 0.15) is 18.1 Å². The van der Waals surface area contributed by atoms with Crippen molar-refractivity contribution >= 4 is 22.4 Å². The summed E-state index contributed by atoms with van der Waals surface area (Å²) in [5, 5.41) is 3.64. The van der Waals surface area contributed by atoms with Crippen molar-refractivity contribution in [2.24, 2.45) is 10.8 Å². The van der Waals surface area contributed by atoms with Gasteiger partial charge in [-0.05, 0) is 49.7 Å². The van der Waals surface area contributed by atoms with Gasteiger partial charge in [0.15, 0.2) is 11.5 Å². The molecule has 0 aliphatic carbocycles. The van der Waals surface area contributed by atoms with Gasteiger partial charge in [-0.2, -0.15) is 13.5 Å². The Morgan fingerprint density at radius 3 is 2.50 bits per heavy atom. The van der Waals surface area contributed by atoms with E-state index in [1.54, 1.807) is 25.1 Å². The van der Waals surface area contributed by atoms with Crippen molar-refractivity contribution < 1.29 is 22.1 Å². The number of carbonyl (C=O) groups excluding carboxylic acids is 1. The minimum atomic E-state index is -4.00. The molecular formula is C17H19N3O5S. The van der Waals surface area contributed by atoms with Gasteiger partial charge in [-0.3, -0.25) is 0 Å². The van der Waals surface area contributed by atoms with Gasteiger partial charge in [0.25, 0.3) is 0 Å². The normalized spacial score (nSPS) is 11.3. The maximum absolute atomic E-state index is 12.4. The van der Waals surface area contributed by atoms with Crippen LogP contribution in [0.2, 0.25) is 0 Å². The third-order valence-corrected chi connectivity index (χ3v) is 4.41. The van der Waals surface area contributed by atoms with Crippen LogP contribution in [0.5, 0.6) is 11.5 Å². The Balaban J connectivity index is 2.28. The zero-order valence-electron chi connectivity index (χ0n) is 14.3. The molecule has 9 heteroatoms. The topological polar surface area (TPSA) is 120 Å². The lowest BCUT2D eigenvalue weighted by Crippen LogP contribution is -2.24. The Labute approximate surface area is 151 Å². The monoisotopic (exact) mass is 377 g/mol. The van der Waals surface area contributed by atoms with E-state index in [4.69, 9.17) is 14.7 Å². The number of primary amides is 1. The highest BCUT2D eigenvalue weighted by molar-refractivity contribution is 7.87. The number of hydrogen-bond acceptors (Lipinski definition) is 6. The van der Waals surface area contributed by atoms with E-state index in [-0.39, 0.29) is 16.4 Å². The van der Waals surface area contributed by atoms with E-state index >= 15 is 0 Å². The van der Waals surface area contributed by atoms with Crippen LogP contribution >= 0.6 is 0 Å². The molecule has 0 aliphatic heterocycles. The highest BCUT2D eigenvalue weighted by Gasteiger charge is 2.19. The third kappa shape index (κ3) is 5.21. The third-order valence-electron chi connectivity index (χ3n) is 3.17. The fraction of sp³-hybridized carbons (Fsp3) is 0.176. The fourth-order valence-electron chi connectivity index (χ4n) is 1.98. The summed E-state index contributed by atoms with van der Waals surface area (Å²) in [6.45, 7) is 3.92. The molecule has 26 heavy (non-hydrogen) atoms. The minimum absolute atomic E-state index is 0.0434. The Morgan fingerprint density at radius 2 is 1.88 bits per heavy atom. The number of nitrogens with one attached hydrogen (secondary N) is 1. The minimum Gasteiger partial charge on any atom is -0.490 e. The summed E-state index contributed by atoms with van der Waals surface area (Å²) >= 11 is 0. The zero-order valence-corrected chi connectivity index (χ0v) is 15.1. The summed E-state index contributed by atoms with van der Waals surface area (Å²) in [5.41, 5.74) is 8.48. The number of benzene rings is 2. The van der Waals surface area contributed by atoms with E-state index in [0.29, 0.717) is 12.2 Å². The number of aryl methyl sites for hydroxylation is 1. The van der Waals surface area contributed by atoms with Crippen LogP contribution in [0.15, 0.2) is 52.5 Å². The van der Waals surface area contributed by atoms with Gasteiger partial charge in [0.2, 0.25) is 0 Å². The van der Waals surface area contributed by atoms with Crippen molar-refractivity contribution in [2.75, 3.05) is 6.61 Å². The maximum Gasteiger partial charge on any atom is 0.339 e. The van der Waals surface area contributed by atoms with Gasteiger partial charge in [-0.1, -0.05) is 17.7 Å². The average Bonchev–Trinajstić information content (AvgIpc) is 2.57. The van der Waals surface area contributed by atoms with Gasteiger partial charge >= 0.3 is 16.1 Å². The van der Waals surface area contributed by atoms with Gasteiger partial charge in [-0.25, -0.2) is 10.2 Å². The number of carbonyl (C=O) groups is 1. The SMILES string of the molecule is CCOc1cc(/C=N\NC(N)=O)ccc1OS(=O)(=O)c1ccc(C)cc1. The molecule has 2 rings (SSSR count). The van der Waals surface area contributed by atoms with Crippen molar-refractivity contribution in [3.8, 4) is 11.5 Å². The number of rotatable bonds is 7. The number of amides is 2. The van der Waals surface area contributed by atoms with E-state index in [2.05, 4.69) is 10.5 Å². The number of nitrogens with two attached hydrogens (primary N) is 1. The molecule has 0 saturated heterocycles. The molecule has 0 unspecified atom stereocenters.